The van der Waals surface area contributed by atoms with Gasteiger partial charge in [0.05, 0.1) is 5.60 Å². The summed E-state index contributed by atoms with van der Waals surface area (Å²) in [7, 11) is 0. The summed E-state index contributed by atoms with van der Waals surface area (Å²) in [5.41, 5.74) is -0.793. The van der Waals surface area contributed by atoms with Gasteiger partial charge in [0.25, 0.3) is 0 Å². The van der Waals surface area contributed by atoms with Crippen LogP contribution in [0.25, 0.3) is 0 Å². The van der Waals surface area contributed by atoms with Gasteiger partial charge >= 0.3 is 0 Å². The molecular formula is C16H30N2O2S. The van der Waals surface area contributed by atoms with Crippen molar-refractivity contribution in [3.63, 3.8) is 0 Å². The number of aliphatic hydroxyl groups is 1. The standard InChI is InChI=1S/C16H30N2O2S/c1-15(2,3)14(19)18-8-4-13(5-9-18)17-12-16(20)6-10-21-11-7-16/h13,17,20H,4-12H2,1-3H3. The fraction of sp³-hybridized carbons (Fsp3) is 0.938. The number of nitrogens with zero attached hydrogens (tertiary/aromatic N) is 1. The van der Waals surface area contributed by atoms with E-state index in [1.54, 1.807) is 0 Å². The second-order valence-electron chi connectivity index (χ2n) is 7.53. The molecular weight excluding hydrogens is 284 g/mol. The molecule has 0 atom stereocenters. The first kappa shape index (κ1) is 17.1. The highest BCUT2D eigenvalue weighted by Crippen LogP contribution is 2.27. The van der Waals surface area contributed by atoms with Crippen molar-refractivity contribution in [1.82, 2.24) is 10.2 Å². The first-order valence-electron chi connectivity index (χ1n) is 8.13. The van der Waals surface area contributed by atoms with Gasteiger partial charge in [-0.25, -0.2) is 0 Å². The third-order valence-corrected chi connectivity index (χ3v) is 5.55. The Kier molecular flexibility index (Phi) is 5.60. The molecule has 2 fully saturated rings. The summed E-state index contributed by atoms with van der Waals surface area (Å²) < 4.78 is 0. The summed E-state index contributed by atoms with van der Waals surface area (Å²) in [5.74, 6) is 2.39. The number of nitrogens with one attached hydrogen (secondary N) is 1. The molecule has 0 bridgehead atoms. The molecule has 21 heavy (non-hydrogen) atoms. The van der Waals surface area contributed by atoms with E-state index in [2.05, 4.69) is 5.32 Å². The van der Waals surface area contributed by atoms with Crippen molar-refractivity contribution in [2.45, 2.75) is 58.1 Å². The van der Waals surface area contributed by atoms with Crippen molar-refractivity contribution in [2.24, 2.45) is 5.41 Å². The number of likely N-dealkylation sites (tertiary alicyclic amines) is 1. The van der Waals surface area contributed by atoms with Crippen LogP contribution in [0.2, 0.25) is 0 Å². The molecule has 0 spiro atoms. The highest BCUT2D eigenvalue weighted by atomic mass is 32.2. The lowest BCUT2D eigenvalue weighted by Crippen LogP contribution is -2.51. The Bertz CT molecular complexity index is 354. The van der Waals surface area contributed by atoms with Crippen molar-refractivity contribution in [1.29, 1.82) is 0 Å². The highest BCUT2D eigenvalue weighted by Gasteiger charge is 2.33. The maximum absolute atomic E-state index is 12.2. The lowest BCUT2D eigenvalue weighted by atomic mass is 9.92. The van der Waals surface area contributed by atoms with Crippen LogP contribution in [-0.2, 0) is 4.79 Å². The van der Waals surface area contributed by atoms with E-state index in [1.807, 2.05) is 37.4 Å². The van der Waals surface area contributed by atoms with Crippen LogP contribution in [0.1, 0.15) is 46.5 Å². The van der Waals surface area contributed by atoms with Gasteiger partial charge in [0.15, 0.2) is 0 Å². The fourth-order valence-electron chi connectivity index (χ4n) is 3.02. The van der Waals surface area contributed by atoms with Crippen LogP contribution in [0.5, 0.6) is 0 Å². The molecule has 2 saturated heterocycles. The molecule has 0 saturated carbocycles. The molecule has 2 heterocycles. The molecule has 2 rings (SSSR count). The third-order valence-electron chi connectivity index (χ3n) is 4.57. The normalized spacial score (nSPS) is 24.1. The largest absolute Gasteiger partial charge is 0.389 e. The topological polar surface area (TPSA) is 52.6 Å². The van der Waals surface area contributed by atoms with Gasteiger partial charge < -0.3 is 15.3 Å². The molecule has 0 aliphatic carbocycles. The van der Waals surface area contributed by atoms with Gasteiger partial charge in [-0.1, -0.05) is 20.8 Å². The van der Waals surface area contributed by atoms with E-state index in [9.17, 15) is 9.90 Å². The predicted octanol–water partition coefficient (Wildman–Crippen LogP) is 1.87. The van der Waals surface area contributed by atoms with E-state index in [1.165, 1.54) is 0 Å². The average Bonchev–Trinajstić information content (AvgIpc) is 2.45. The summed E-state index contributed by atoms with van der Waals surface area (Å²) in [6.07, 6.45) is 3.78. The SMILES string of the molecule is CC(C)(C)C(=O)N1CCC(NCC2(O)CCSCC2)CC1. The zero-order valence-electron chi connectivity index (χ0n) is 13.7. The summed E-state index contributed by atoms with van der Waals surface area (Å²) in [6.45, 7) is 8.32. The summed E-state index contributed by atoms with van der Waals surface area (Å²) in [6, 6.07) is 0.438. The molecule has 0 aromatic carbocycles. The molecule has 0 unspecified atom stereocenters. The van der Waals surface area contributed by atoms with E-state index < -0.39 is 5.60 Å². The summed E-state index contributed by atoms with van der Waals surface area (Å²) in [4.78, 5) is 14.2. The zero-order chi connectivity index (χ0) is 15.5. The quantitative estimate of drug-likeness (QED) is 0.835. The van der Waals surface area contributed by atoms with Gasteiger partial charge in [-0.15, -0.1) is 0 Å². The van der Waals surface area contributed by atoms with Crippen LogP contribution in [0.4, 0.5) is 0 Å². The van der Waals surface area contributed by atoms with E-state index in [0.29, 0.717) is 12.6 Å². The molecule has 2 aliphatic heterocycles. The molecule has 2 N–H and O–H groups in total. The Morgan fingerprint density at radius 3 is 2.38 bits per heavy atom. The number of carbonyl (C=O) groups excluding carboxylic acids is 1. The number of piperidine rings is 1. The molecule has 5 heteroatoms. The van der Waals surface area contributed by atoms with Crippen molar-refractivity contribution >= 4 is 17.7 Å². The second-order valence-corrected chi connectivity index (χ2v) is 8.76. The van der Waals surface area contributed by atoms with Crippen LogP contribution in [-0.4, -0.2) is 58.7 Å². The van der Waals surface area contributed by atoms with E-state index in [4.69, 9.17) is 0 Å². The Labute approximate surface area is 133 Å². The maximum atomic E-state index is 12.2. The number of hydrogen-bond donors (Lipinski definition) is 2. The van der Waals surface area contributed by atoms with Gasteiger partial charge in [-0.3, -0.25) is 4.79 Å². The molecule has 1 amide bonds. The molecule has 0 aromatic heterocycles. The number of carbonyl (C=O) groups is 1. The van der Waals surface area contributed by atoms with Gasteiger partial charge in [-0.2, -0.15) is 11.8 Å². The number of amides is 1. The van der Waals surface area contributed by atoms with E-state index in [-0.39, 0.29) is 11.3 Å². The average molecular weight is 314 g/mol. The van der Waals surface area contributed by atoms with Crippen LogP contribution in [0.15, 0.2) is 0 Å². The number of rotatable bonds is 3. The van der Waals surface area contributed by atoms with Crippen molar-refractivity contribution in [3.05, 3.63) is 0 Å². The number of thioether (sulfide) groups is 1. The van der Waals surface area contributed by atoms with Crippen LogP contribution >= 0.6 is 11.8 Å². The van der Waals surface area contributed by atoms with E-state index >= 15 is 0 Å². The number of hydrogen-bond acceptors (Lipinski definition) is 4. The lowest BCUT2D eigenvalue weighted by molar-refractivity contribution is -0.140. The van der Waals surface area contributed by atoms with Crippen LogP contribution in [0, 0.1) is 5.41 Å². The Morgan fingerprint density at radius 1 is 1.29 bits per heavy atom. The Balaban J connectivity index is 1.73. The predicted molar refractivity (Wildman–Crippen MR) is 88.6 cm³/mol. The minimum Gasteiger partial charge on any atom is -0.389 e. The molecule has 0 aromatic rings. The second kappa shape index (κ2) is 6.88. The van der Waals surface area contributed by atoms with Gasteiger partial charge in [0.2, 0.25) is 5.91 Å². The third kappa shape index (κ3) is 4.86. The molecule has 0 radical (unpaired) electrons. The van der Waals surface area contributed by atoms with Gasteiger partial charge in [0.1, 0.15) is 0 Å². The fourth-order valence-corrected chi connectivity index (χ4v) is 4.28. The molecule has 122 valence electrons. The molecule has 2 aliphatic rings. The zero-order valence-corrected chi connectivity index (χ0v) is 14.5. The maximum Gasteiger partial charge on any atom is 0.227 e. The summed E-state index contributed by atoms with van der Waals surface area (Å²) >= 11 is 1.93. The van der Waals surface area contributed by atoms with Gasteiger partial charge in [0, 0.05) is 31.1 Å². The minimum absolute atomic E-state index is 0.254. The van der Waals surface area contributed by atoms with Crippen LogP contribution < -0.4 is 5.32 Å². The minimum atomic E-state index is -0.510. The van der Waals surface area contributed by atoms with Crippen molar-refractivity contribution in [2.75, 3.05) is 31.1 Å². The van der Waals surface area contributed by atoms with Crippen LogP contribution in [0.3, 0.4) is 0 Å². The van der Waals surface area contributed by atoms with E-state index in [0.717, 1.165) is 50.3 Å². The van der Waals surface area contributed by atoms with Gasteiger partial charge in [-0.05, 0) is 37.2 Å². The summed E-state index contributed by atoms with van der Waals surface area (Å²) in [5, 5.41) is 14.0. The first-order valence-corrected chi connectivity index (χ1v) is 9.29. The van der Waals surface area contributed by atoms with Crippen molar-refractivity contribution in [3.8, 4) is 0 Å². The Morgan fingerprint density at radius 2 is 1.86 bits per heavy atom. The lowest BCUT2D eigenvalue weighted by Gasteiger charge is -2.38. The first-order chi connectivity index (χ1) is 9.80. The Hall–Kier alpha value is -0.260. The smallest absolute Gasteiger partial charge is 0.227 e. The van der Waals surface area contributed by atoms with Crippen molar-refractivity contribution < 1.29 is 9.90 Å². The highest BCUT2D eigenvalue weighted by molar-refractivity contribution is 7.99. The monoisotopic (exact) mass is 314 g/mol. The molecule has 4 nitrogen and oxygen atoms in total.